The Hall–Kier alpha value is -4.18. The van der Waals surface area contributed by atoms with Gasteiger partial charge in [0.1, 0.15) is 5.60 Å². The van der Waals surface area contributed by atoms with Crippen LogP contribution >= 0.6 is 0 Å². The lowest BCUT2D eigenvalue weighted by Gasteiger charge is -2.37. The van der Waals surface area contributed by atoms with Crippen LogP contribution in [0.5, 0.6) is 0 Å². The third kappa shape index (κ3) is 8.01. The third-order valence-electron chi connectivity index (χ3n) is 10.3. The average molecular weight is 676 g/mol. The summed E-state index contributed by atoms with van der Waals surface area (Å²) in [7, 11) is 0. The summed E-state index contributed by atoms with van der Waals surface area (Å²) in [5, 5.41) is 0. The van der Waals surface area contributed by atoms with E-state index in [1.54, 1.807) is 17.0 Å². The molecule has 260 valence electrons. The summed E-state index contributed by atoms with van der Waals surface area (Å²) in [6.07, 6.45) is -2.15. The fraction of sp³-hybridized carbons (Fsp3) is 0.462. The Morgan fingerprint density at radius 3 is 1.86 bits per heavy atom. The molecule has 3 aromatic carbocycles. The number of hydrogen-bond acceptors (Lipinski definition) is 5. The quantitative estimate of drug-likeness (QED) is 0.240. The predicted octanol–water partition coefficient (Wildman–Crippen LogP) is 7.73. The first-order chi connectivity index (χ1) is 23.2. The van der Waals surface area contributed by atoms with Crippen molar-refractivity contribution in [2.24, 2.45) is 5.92 Å². The van der Waals surface area contributed by atoms with Crippen molar-refractivity contribution >= 4 is 17.8 Å². The third-order valence-corrected chi connectivity index (χ3v) is 10.3. The van der Waals surface area contributed by atoms with E-state index in [-0.39, 0.29) is 29.1 Å². The number of alkyl halides is 3. The van der Waals surface area contributed by atoms with Crippen LogP contribution in [0.1, 0.15) is 89.4 Å². The molecule has 10 heteroatoms. The molecule has 3 fully saturated rings. The van der Waals surface area contributed by atoms with E-state index < -0.39 is 17.3 Å². The zero-order valence-corrected chi connectivity index (χ0v) is 28.4. The minimum atomic E-state index is -4.35. The Balaban J connectivity index is 0.963. The molecule has 0 saturated carbocycles. The molecule has 0 radical (unpaired) electrons. The van der Waals surface area contributed by atoms with Gasteiger partial charge in [-0.05, 0) is 59.2 Å². The Bertz CT molecular complexity index is 1650. The van der Waals surface area contributed by atoms with E-state index in [1.165, 1.54) is 17.7 Å². The number of hydrogen-bond donors (Lipinski definition) is 0. The van der Waals surface area contributed by atoms with Crippen molar-refractivity contribution < 1.29 is 32.3 Å². The highest BCUT2D eigenvalue weighted by Gasteiger charge is 2.47. The number of carbonyl (C=O) groups is 3. The summed E-state index contributed by atoms with van der Waals surface area (Å²) in [5.74, 6) is -0.0147. The number of rotatable bonds is 7. The van der Waals surface area contributed by atoms with Crippen molar-refractivity contribution in [3.05, 3.63) is 106 Å². The number of nitrogens with zero attached hydrogens (tertiary/aromatic N) is 3. The number of likely N-dealkylation sites (tertiary alicyclic amines) is 2. The van der Waals surface area contributed by atoms with Crippen molar-refractivity contribution in [2.45, 2.75) is 76.7 Å². The summed E-state index contributed by atoms with van der Waals surface area (Å²) >= 11 is 0. The number of ketones is 1. The molecule has 7 nitrogen and oxygen atoms in total. The molecule has 3 heterocycles. The minimum Gasteiger partial charge on any atom is -0.441 e. The van der Waals surface area contributed by atoms with Gasteiger partial charge in [-0.15, -0.1) is 0 Å². The van der Waals surface area contributed by atoms with Crippen LogP contribution in [0.3, 0.4) is 0 Å². The molecule has 3 aliphatic heterocycles. The second kappa shape index (κ2) is 13.6. The van der Waals surface area contributed by atoms with Crippen molar-refractivity contribution in [3.63, 3.8) is 0 Å². The van der Waals surface area contributed by atoms with Gasteiger partial charge in [0.05, 0.1) is 12.1 Å². The molecule has 0 atom stereocenters. The Morgan fingerprint density at radius 1 is 0.755 bits per heavy atom. The van der Waals surface area contributed by atoms with E-state index in [9.17, 15) is 27.6 Å². The zero-order chi connectivity index (χ0) is 35.0. The SMILES string of the molecule is CC(C)(C)c1ccc(C(=O)C2CCN(C(=O)c3ccc(CN4CC5(CCN(Cc6ccc(C(F)(F)F)cc6)CC5)OC4=O)cc3)CC2)cc1. The Labute approximate surface area is 286 Å². The molecule has 0 bridgehead atoms. The first-order valence-electron chi connectivity index (χ1n) is 17.1. The van der Waals surface area contributed by atoms with Crippen LogP contribution in [0.15, 0.2) is 72.8 Å². The fourth-order valence-corrected chi connectivity index (χ4v) is 7.12. The molecule has 49 heavy (non-hydrogen) atoms. The average Bonchev–Trinajstić information content (AvgIpc) is 3.38. The maximum atomic E-state index is 13.3. The Kier molecular flexibility index (Phi) is 9.63. The number of ether oxygens (including phenoxy) is 1. The van der Waals surface area contributed by atoms with Gasteiger partial charge in [0.15, 0.2) is 5.78 Å². The molecule has 0 aliphatic carbocycles. The first kappa shape index (κ1) is 34.7. The van der Waals surface area contributed by atoms with Gasteiger partial charge in [-0.3, -0.25) is 19.4 Å². The summed E-state index contributed by atoms with van der Waals surface area (Å²) in [5.41, 5.74) is 2.99. The summed E-state index contributed by atoms with van der Waals surface area (Å²) in [6, 6.07) is 20.5. The number of piperidine rings is 2. The normalized spacial score (nSPS) is 18.9. The smallest absolute Gasteiger partial charge is 0.416 e. The predicted molar refractivity (Wildman–Crippen MR) is 180 cm³/mol. The largest absolute Gasteiger partial charge is 0.441 e. The van der Waals surface area contributed by atoms with E-state index >= 15 is 0 Å². The molecule has 0 unspecified atom stereocenters. The molecular formula is C39H44F3N3O4. The van der Waals surface area contributed by atoms with Gasteiger partial charge in [0.2, 0.25) is 0 Å². The van der Waals surface area contributed by atoms with Crippen LogP contribution in [0, 0.1) is 5.92 Å². The maximum Gasteiger partial charge on any atom is 0.416 e. The molecule has 0 N–H and O–H groups in total. The molecule has 0 aromatic heterocycles. The Morgan fingerprint density at radius 2 is 1.29 bits per heavy atom. The highest BCUT2D eigenvalue weighted by atomic mass is 19.4. The molecule has 3 saturated heterocycles. The van der Waals surface area contributed by atoms with E-state index in [0.717, 1.165) is 28.8 Å². The fourth-order valence-electron chi connectivity index (χ4n) is 7.12. The highest BCUT2D eigenvalue weighted by Crippen LogP contribution is 2.35. The standard InChI is InChI=1S/C39H44F3N3O4/c1-37(2,3)32-14-10-29(11-15-32)34(46)30-16-20-44(21-17-30)35(47)31-8-4-28(5-9-31)25-45-26-38(49-36(45)48)18-22-43(23-19-38)24-27-6-12-33(13-7-27)39(40,41)42/h4-15,30H,16-26H2,1-3H3. The van der Waals surface area contributed by atoms with Crippen LogP contribution in [0.2, 0.25) is 0 Å². The van der Waals surface area contributed by atoms with Gasteiger partial charge in [-0.2, -0.15) is 13.2 Å². The first-order valence-corrected chi connectivity index (χ1v) is 17.1. The van der Waals surface area contributed by atoms with Gasteiger partial charge < -0.3 is 9.64 Å². The lowest BCUT2D eigenvalue weighted by Crippen LogP contribution is -2.46. The van der Waals surface area contributed by atoms with E-state index in [0.29, 0.717) is 77.1 Å². The van der Waals surface area contributed by atoms with Gasteiger partial charge in [-0.25, -0.2) is 4.79 Å². The maximum absolute atomic E-state index is 13.3. The van der Waals surface area contributed by atoms with E-state index in [4.69, 9.17) is 4.74 Å². The van der Waals surface area contributed by atoms with E-state index in [2.05, 4.69) is 25.7 Å². The summed E-state index contributed by atoms with van der Waals surface area (Å²) in [6.45, 7) is 10.2. The van der Waals surface area contributed by atoms with Gasteiger partial charge in [0.25, 0.3) is 5.91 Å². The number of benzene rings is 3. The zero-order valence-electron chi connectivity index (χ0n) is 28.4. The summed E-state index contributed by atoms with van der Waals surface area (Å²) in [4.78, 5) is 45.0. The van der Waals surface area contributed by atoms with Gasteiger partial charge in [-0.1, -0.05) is 69.3 Å². The number of halogens is 3. The highest BCUT2D eigenvalue weighted by molar-refractivity contribution is 5.98. The summed E-state index contributed by atoms with van der Waals surface area (Å²) < 4.78 is 44.6. The van der Waals surface area contributed by atoms with Crippen molar-refractivity contribution in [1.82, 2.24) is 14.7 Å². The topological polar surface area (TPSA) is 70.2 Å². The van der Waals surface area contributed by atoms with Crippen LogP contribution < -0.4 is 0 Å². The van der Waals surface area contributed by atoms with Gasteiger partial charge in [0, 0.05) is 69.2 Å². The lowest BCUT2D eigenvalue weighted by molar-refractivity contribution is -0.137. The molecule has 1 spiro atoms. The van der Waals surface area contributed by atoms with Crippen LogP contribution in [-0.2, 0) is 29.4 Å². The number of carbonyl (C=O) groups excluding carboxylic acids is 3. The van der Waals surface area contributed by atoms with Crippen LogP contribution in [0.4, 0.5) is 18.0 Å². The second-order valence-electron chi connectivity index (χ2n) is 14.8. The molecule has 3 aromatic rings. The van der Waals surface area contributed by atoms with Crippen molar-refractivity contribution in [1.29, 1.82) is 0 Å². The van der Waals surface area contributed by atoms with Crippen molar-refractivity contribution in [3.8, 4) is 0 Å². The molecule has 2 amide bonds. The lowest BCUT2D eigenvalue weighted by atomic mass is 9.84. The molecule has 3 aliphatic rings. The molecular weight excluding hydrogens is 631 g/mol. The number of amides is 2. The van der Waals surface area contributed by atoms with Crippen LogP contribution in [-0.4, -0.2) is 70.8 Å². The van der Waals surface area contributed by atoms with E-state index in [1.807, 2.05) is 41.3 Å². The minimum absolute atomic E-state index is 0.0273. The molecule has 6 rings (SSSR count). The van der Waals surface area contributed by atoms with Gasteiger partial charge >= 0.3 is 12.3 Å². The number of Topliss-reactive ketones (excluding diaryl/α,β-unsaturated/α-hetero) is 1. The second-order valence-corrected chi connectivity index (χ2v) is 14.8. The van der Waals surface area contributed by atoms with Crippen molar-refractivity contribution in [2.75, 3.05) is 32.7 Å². The monoisotopic (exact) mass is 675 g/mol. The van der Waals surface area contributed by atoms with Crippen LogP contribution in [0.25, 0.3) is 0 Å².